The summed E-state index contributed by atoms with van der Waals surface area (Å²) in [7, 11) is 0. The second kappa shape index (κ2) is 6.25. The first-order valence-corrected chi connectivity index (χ1v) is 6.36. The molecule has 0 aliphatic rings. The Balaban J connectivity index is 2.88. The first-order chi connectivity index (χ1) is 8.63. The van der Waals surface area contributed by atoms with Gasteiger partial charge in [0.05, 0.1) is 18.9 Å². The highest BCUT2D eigenvalue weighted by molar-refractivity contribution is 5.85. The second-order valence-electron chi connectivity index (χ2n) is 4.30. The Morgan fingerprint density at radius 3 is 2.50 bits per heavy atom. The molecule has 0 aromatic carbocycles. The summed E-state index contributed by atoms with van der Waals surface area (Å²) in [5.41, 5.74) is -0.900. The van der Waals surface area contributed by atoms with E-state index in [4.69, 9.17) is 4.42 Å². The highest BCUT2D eigenvalue weighted by Gasteiger charge is 2.38. The van der Waals surface area contributed by atoms with E-state index in [-0.39, 0.29) is 5.91 Å². The molecule has 1 aromatic heterocycles. The van der Waals surface area contributed by atoms with Crippen LogP contribution in [0.3, 0.4) is 0 Å². The predicted molar refractivity (Wildman–Crippen MR) is 68.4 cm³/mol. The maximum Gasteiger partial charge on any atom is 0.243 e. The molecule has 0 spiro atoms. The summed E-state index contributed by atoms with van der Waals surface area (Å²) < 4.78 is 5.25. The van der Waals surface area contributed by atoms with E-state index in [1.165, 1.54) is 0 Å². The number of carbonyl (C=O) groups is 1. The van der Waals surface area contributed by atoms with Crippen LogP contribution < -0.4 is 0 Å². The Hall–Kier alpha value is -1.76. The van der Waals surface area contributed by atoms with E-state index < -0.39 is 5.41 Å². The lowest BCUT2D eigenvalue weighted by Crippen LogP contribution is -2.42. The average molecular weight is 248 g/mol. The fourth-order valence-electron chi connectivity index (χ4n) is 1.98. The molecule has 0 bridgehead atoms. The minimum absolute atomic E-state index is 0.103. The van der Waals surface area contributed by atoms with Crippen LogP contribution in [0.4, 0.5) is 0 Å². The van der Waals surface area contributed by atoms with Crippen molar-refractivity contribution in [3.05, 3.63) is 24.2 Å². The Morgan fingerprint density at radius 1 is 1.44 bits per heavy atom. The Morgan fingerprint density at radius 2 is 2.11 bits per heavy atom. The third-order valence-corrected chi connectivity index (χ3v) is 3.43. The Kier molecular flexibility index (Phi) is 4.96. The summed E-state index contributed by atoms with van der Waals surface area (Å²) in [6.45, 7) is 6.67. The van der Waals surface area contributed by atoms with Crippen LogP contribution >= 0.6 is 0 Å². The van der Waals surface area contributed by atoms with E-state index >= 15 is 0 Å². The number of rotatable bonds is 6. The summed E-state index contributed by atoms with van der Waals surface area (Å²) in [4.78, 5) is 14.2. The van der Waals surface area contributed by atoms with E-state index in [0.717, 1.165) is 5.76 Å². The van der Waals surface area contributed by atoms with Gasteiger partial charge in [-0.25, -0.2) is 0 Å². The molecule has 1 aromatic rings. The number of amides is 1. The summed E-state index contributed by atoms with van der Waals surface area (Å²) in [6.07, 6.45) is 2.66. The van der Waals surface area contributed by atoms with E-state index in [1.807, 2.05) is 26.8 Å². The molecular weight excluding hydrogens is 228 g/mol. The molecule has 1 heterocycles. The van der Waals surface area contributed by atoms with Gasteiger partial charge in [-0.2, -0.15) is 5.26 Å². The molecule has 4 heteroatoms. The van der Waals surface area contributed by atoms with Crippen LogP contribution in [-0.4, -0.2) is 17.4 Å². The van der Waals surface area contributed by atoms with Gasteiger partial charge in [-0.05, 0) is 31.9 Å². The standard InChI is InChI=1S/C14H20N2O2/c1-4-14(5-2,11-15)13(17)16(6-3)10-12-8-7-9-18-12/h7-9H,4-6,10H2,1-3H3. The highest BCUT2D eigenvalue weighted by atomic mass is 16.3. The summed E-state index contributed by atoms with van der Waals surface area (Å²) in [5.74, 6) is 0.637. The van der Waals surface area contributed by atoms with Gasteiger partial charge in [-0.3, -0.25) is 4.79 Å². The molecule has 1 rings (SSSR count). The van der Waals surface area contributed by atoms with E-state index in [9.17, 15) is 10.1 Å². The maximum absolute atomic E-state index is 12.5. The van der Waals surface area contributed by atoms with Crippen LogP contribution in [0.5, 0.6) is 0 Å². The van der Waals surface area contributed by atoms with Gasteiger partial charge < -0.3 is 9.32 Å². The molecule has 1 amide bonds. The summed E-state index contributed by atoms with van der Waals surface area (Å²) in [6, 6.07) is 5.82. The first kappa shape index (κ1) is 14.3. The lowest BCUT2D eigenvalue weighted by atomic mass is 9.82. The van der Waals surface area contributed by atoms with Crippen LogP contribution in [0.2, 0.25) is 0 Å². The van der Waals surface area contributed by atoms with Crippen LogP contribution in [0.15, 0.2) is 22.8 Å². The van der Waals surface area contributed by atoms with Crippen molar-refractivity contribution in [2.75, 3.05) is 6.54 Å². The number of nitriles is 1. The number of carbonyl (C=O) groups excluding carboxylic acids is 1. The minimum atomic E-state index is -0.900. The Bertz CT molecular complexity index is 414. The molecule has 0 aliphatic heterocycles. The van der Waals surface area contributed by atoms with Crippen molar-refractivity contribution in [3.63, 3.8) is 0 Å². The molecular formula is C14H20N2O2. The van der Waals surface area contributed by atoms with Gasteiger partial charge in [-0.15, -0.1) is 0 Å². The lowest BCUT2D eigenvalue weighted by molar-refractivity contribution is -0.140. The third-order valence-electron chi connectivity index (χ3n) is 3.43. The fourth-order valence-corrected chi connectivity index (χ4v) is 1.98. The van der Waals surface area contributed by atoms with Crippen LogP contribution in [0.25, 0.3) is 0 Å². The van der Waals surface area contributed by atoms with Crippen molar-refractivity contribution in [1.29, 1.82) is 5.26 Å². The topological polar surface area (TPSA) is 57.2 Å². The summed E-state index contributed by atoms with van der Waals surface area (Å²) >= 11 is 0. The normalized spacial score (nSPS) is 11.0. The Labute approximate surface area is 108 Å². The molecule has 0 unspecified atom stereocenters. The van der Waals surface area contributed by atoms with Crippen LogP contribution in [-0.2, 0) is 11.3 Å². The van der Waals surface area contributed by atoms with Crippen LogP contribution in [0.1, 0.15) is 39.4 Å². The van der Waals surface area contributed by atoms with Gasteiger partial charge in [0.2, 0.25) is 5.91 Å². The van der Waals surface area contributed by atoms with E-state index in [2.05, 4.69) is 6.07 Å². The molecule has 0 fully saturated rings. The fraction of sp³-hybridized carbons (Fsp3) is 0.571. The quantitative estimate of drug-likeness (QED) is 0.777. The predicted octanol–water partition coefficient (Wildman–Crippen LogP) is 2.96. The van der Waals surface area contributed by atoms with Crippen molar-refractivity contribution in [1.82, 2.24) is 4.90 Å². The monoisotopic (exact) mass is 248 g/mol. The third kappa shape index (κ3) is 2.73. The van der Waals surface area contributed by atoms with Gasteiger partial charge in [0.1, 0.15) is 11.2 Å². The minimum Gasteiger partial charge on any atom is -0.467 e. The molecule has 0 aliphatic carbocycles. The largest absolute Gasteiger partial charge is 0.467 e. The van der Waals surface area contributed by atoms with Gasteiger partial charge >= 0.3 is 0 Å². The number of hydrogen-bond donors (Lipinski definition) is 0. The number of hydrogen-bond acceptors (Lipinski definition) is 3. The van der Waals surface area contributed by atoms with Crippen molar-refractivity contribution in [2.45, 2.75) is 40.2 Å². The number of furan rings is 1. The van der Waals surface area contributed by atoms with Gasteiger partial charge in [0.15, 0.2) is 0 Å². The van der Waals surface area contributed by atoms with E-state index in [0.29, 0.717) is 25.9 Å². The molecule has 98 valence electrons. The first-order valence-electron chi connectivity index (χ1n) is 6.36. The van der Waals surface area contributed by atoms with Gasteiger partial charge in [0.25, 0.3) is 0 Å². The zero-order chi connectivity index (χ0) is 13.6. The summed E-state index contributed by atoms with van der Waals surface area (Å²) in [5, 5.41) is 9.30. The van der Waals surface area contributed by atoms with Crippen molar-refractivity contribution < 1.29 is 9.21 Å². The zero-order valence-corrected chi connectivity index (χ0v) is 11.3. The molecule has 0 N–H and O–H groups in total. The highest BCUT2D eigenvalue weighted by Crippen LogP contribution is 2.28. The SMILES string of the molecule is CCN(Cc1ccco1)C(=O)C(C#N)(CC)CC. The lowest BCUT2D eigenvalue weighted by Gasteiger charge is -2.29. The molecule has 18 heavy (non-hydrogen) atoms. The van der Waals surface area contributed by atoms with E-state index in [1.54, 1.807) is 17.2 Å². The van der Waals surface area contributed by atoms with Gasteiger partial charge in [0, 0.05) is 6.54 Å². The molecule has 0 saturated heterocycles. The second-order valence-corrected chi connectivity index (χ2v) is 4.30. The maximum atomic E-state index is 12.5. The molecule has 0 radical (unpaired) electrons. The number of nitrogens with zero attached hydrogens (tertiary/aromatic N) is 2. The van der Waals surface area contributed by atoms with Crippen molar-refractivity contribution in [3.8, 4) is 6.07 Å². The smallest absolute Gasteiger partial charge is 0.243 e. The van der Waals surface area contributed by atoms with Gasteiger partial charge in [-0.1, -0.05) is 13.8 Å². The average Bonchev–Trinajstić information content (AvgIpc) is 2.91. The van der Waals surface area contributed by atoms with Crippen molar-refractivity contribution in [2.24, 2.45) is 5.41 Å². The zero-order valence-electron chi connectivity index (χ0n) is 11.3. The van der Waals surface area contributed by atoms with Crippen LogP contribution in [0, 0.1) is 16.7 Å². The molecule has 0 atom stereocenters. The van der Waals surface area contributed by atoms with Crippen molar-refractivity contribution >= 4 is 5.91 Å². The molecule has 0 saturated carbocycles. The molecule has 4 nitrogen and oxygen atoms in total.